The number of nitrogens with two attached hydrogens (primary N) is 1. The minimum atomic E-state index is -3.08. The van der Waals surface area contributed by atoms with E-state index in [0.29, 0.717) is 6.61 Å². The number of benzene rings is 1. The molecule has 0 saturated heterocycles. The van der Waals surface area contributed by atoms with E-state index < -0.39 is 15.9 Å². The molecule has 1 aromatic rings. The molecule has 6 heteroatoms. The maximum Gasteiger partial charge on any atom is 0.149 e. The van der Waals surface area contributed by atoms with Gasteiger partial charge in [-0.15, -0.1) is 0 Å². The molecular formula is C11H18N2O3S. The van der Waals surface area contributed by atoms with E-state index in [1.807, 2.05) is 6.92 Å². The summed E-state index contributed by atoms with van der Waals surface area (Å²) in [6, 6.07) is 6.80. The number of nitrogens with one attached hydrogen (secondary N) is 1. The summed E-state index contributed by atoms with van der Waals surface area (Å²) < 4.78 is 27.8. The van der Waals surface area contributed by atoms with Crippen molar-refractivity contribution >= 4 is 9.84 Å². The van der Waals surface area contributed by atoms with E-state index >= 15 is 0 Å². The van der Waals surface area contributed by atoms with E-state index in [1.165, 1.54) is 6.26 Å². The summed E-state index contributed by atoms with van der Waals surface area (Å²) in [6.45, 7) is 2.50. The molecular weight excluding hydrogens is 240 g/mol. The molecule has 1 aromatic carbocycles. The highest BCUT2D eigenvalue weighted by atomic mass is 32.2. The molecule has 0 fully saturated rings. The zero-order chi connectivity index (χ0) is 12.9. The number of hydrazine groups is 1. The summed E-state index contributed by atoms with van der Waals surface area (Å²) in [5.74, 6) is 6.09. The van der Waals surface area contributed by atoms with Crippen LogP contribution in [0.3, 0.4) is 0 Å². The van der Waals surface area contributed by atoms with Crippen molar-refractivity contribution in [3.63, 3.8) is 0 Å². The van der Waals surface area contributed by atoms with Gasteiger partial charge in [0.25, 0.3) is 0 Å². The maximum atomic E-state index is 11.2. The fourth-order valence-corrected chi connectivity index (χ4v) is 2.40. The molecule has 0 amide bonds. The summed E-state index contributed by atoms with van der Waals surface area (Å²) in [7, 11) is -3.08. The lowest BCUT2D eigenvalue weighted by Crippen LogP contribution is -2.32. The van der Waals surface area contributed by atoms with Crippen molar-refractivity contribution in [3.8, 4) is 5.75 Å². The Labute approximate surface area is 102 Å². The predicted molar refractivity (Wildman–Crippen MR) is 67.4 cm³/mol. The van der Waals surface area contributed by atoms with E-state index in [9.17, 15) is 8.42 Å². The molecule has 0 heterocycles. The van der Waals surface area contributed by atoms with Crippen LogP contribution in [-0.4, -0.2) is 27.0 Å². The molecule has 0 aliphatic heterocycles. The lowest BCUT2D eigenvalue weighted by molar-refractivity contribution is 0.340. The first-order valence-corrected chi connectivity index (χ1v) is 7.39. The van der Waals surface area contributed by atoms with Crippen LogP contribution in [0.2, 0.25) is 0 Å². The van der Waals surface area contributed by atoms with Gasteiger partial charge in [-0.2, -0.15) is 0 Å². The Balaban J connectivity index is 2.82. The highest BCUT2D eigenvalue weighted by Crippen LogP contribution is 2.18. The van der Waals surface area contributed by atoms with Crippen LogP contribution in [-0.2, 0) is 9.84 Å². The first-order chi connectivity index (χ1) is 7.96. The molecule has 1 atom stereocenters. The fourth-order valence-electron chi connectivity index (χ4n) is 1.51. The maximum absolute atomic E-state index is 11.2. The van der Waals surface area contributed by atoms with E-state index in [-0.39, 0.29) is 5.75 Å². The number of hydrogen-bond acceptors (Lipinski definition) is 5. The van der Waals surface area contributed by atoms with Crippen molar-refractivity contribution in [2.75, 3.05) is 18.6 Å². The van der Waals surface area contributed by atoms with E-state index in [0.717, 1.165) is 11.3 Å². The Morgan fingerprint density at radius 1 is 1.35 bits per heavy atom. The van der Waals surface area contributed by atoms with E-state index in [4.69, 9.17) is 10.6 Å². The smallest absolute Gasteiger partial charge is 0.149 e. The largest absolute Gasteiger partial charge is 0.494 e. The quantitative estimate of drug-likeness (QED) is 0.578. The van der Waals surface area contributed by atoms with Gasteiger partial charge in [-0.3, -0.25) is 11.3 Å². The molecule has 0 spiro atoms. The highest BCUT2D eigenvalue weighted by Gasteiger charge is 2.15. The molecule has 3 N–H and O–H groups in total. The number of ether oxygens (including phenoxy) is 1. The molecule has 96 valence electrons. The zero-order valence-electron chi connectivity index (χ0n) is 10.0. The van der Waals surface area contributed by atoms with E-state index in [1.54, 1.807) is 24.3 Å². The van der Waals surface area contributed by atoms with Gasteiger partial charge in [0.15, 0.2) is 0 Å². The summed E-state index contributed by atoms with van der Waals surface area (Å²) in [6.07, 6.45) is 1.19. The van der Waals surface area contributed by atoms with Gasteiger partial charge in [0.2, 0.25) is 0 Å². The van der Waals surface area contributed by atoms with Gasteiger partial charge in [-0.1, -0.05) is 12.1 Å². The van der Waals surface area contributed by atoms with Crippen LogP contribution < -0.4 is 16.0 Å². The van der Waals surface area contributed by atoms with Crippen LogP contribution in [0.25, 0.3) is 0 Å². The number of hydrogen-bond donors (Lipinski definition) is 2. The first kappa shape index (κ1) is 14.0. The summed E-state index contributed by atoms with van der Waals surface area (Å²) in [4.78, 5) is 0. The lowest BCUT2D eigenvalue weighted by Gasteiger charge is -2.15. The average Bonchev–Trinajstić information content (AvgIpc) is 2.26. The Bertz CT molecular complexity index is 442. The molecule has 0 radical (unpaired) electrons. The molecule has 0 bridgehead atoms. The summed E-state index contributed by atoms with van der Waals surface area (Å²) in [5, 5.41) is 0. The van der Waals surface area contributed by atoms with Crippen LogP contribution >= 0.6 is 0 Å². The fraction of sp³-hybridized carbons (Fsp3) is 0.455. The highest BCUT2D eigenvalue weighted by molar-refractivity contribution is 7.90. The molecule has 17 heavy (non-hydrogen) atoms. The third kappa shape index (κ3) is 4.72. The Morgan fingerprint density at radius 3 is 2.35 bits per heavy atom. The van der Waals surface area contributed by atoms with Gasteiger partial charge in [-0.25, -0.2) is 8.42 Å². The number of rotatable bonds is 6. The third-order valence-corrected chi connectivity index (χ3v) is 3.20. The van der Waals surface area contributed by atoms with Gasteiger partial charge >= 0.3 is 0 Å². The van der Waals surface area contributed by atoms with Crippen LogP contribution in [0.4, 0.5) is 0 Å². The van der Waals surface area contributed by atoms with Crippen molar-refractivity contribution in [1.29, 1.82) is 0 Å². The monoisotopic (exact) mass is 258 g/mol. The summed E-state index contributed by atoms with van der Waals surface area (Å²) in [5.41, 5.74) is 3.33. The van der Waals surface area contributed by atoms with Gasteiger partial charge in [0, 0.05) is 6.26 Å². The van der Waals surface area contributed by atoms with Crippen LogP contribution in [0.15, 0.2) is 24.3 Å². The van der Waals surface area contributed by atoms with Gasteiger partial charge in [0.05, 0.1) is 18.4 Å². The predicted octanol–water partition coefficient (Wildman–Crippen LogP) is 0.634. The minimum absolute atomic E-state index is 0.0303. The molecule has 0 aromatic heterocycles. The van der Waals surface area contributed by atoms with Crippen molar-refractivity contribution < 1.29 is 13.2 Å². The Hall–Kier alpha value is -1.11. The second kappa shape index (κ2) is 6.00. The molecule has 0 aliphatic rings. The molecule has 5 nitrogen and oxygen atoms in total. The summed E-state index contributed by atoms with van der Waals surface area (Å²) >= 11 is 0. The SMILES string of the molecule is CCOc1ccc(C(CS(C)(=O)=O)NN)cc1. The van der Waals surface area contributed by atoms with Crippen molar-refractivity contribution in [1.82, 2.24) is 5.43 Å². The molecule has 0 aliphatic carbocycles. The van der Waals surface area contributed by atoms with Gasteiger partial charge in [-0.05, 0) is 24.6 Å². The van der Waals surface area contributed by atoms with Gasteiger partial charge in [0.1, 0.15) is 15.6 Å². The molecule has 1 unspecified atom stereocenters. The van der Waals surface area contributed by atoms with Crippen molar-refractivity contribution in [3.05, 3.63) is 29.8 Å². The molecule has 0 saturated carbocycles. The Kier molecular flexibility index (Phi) is 4.92. The topological polar surface area (TPSA) is 81.4 Å². The van der Waals surface area contributed by atoms with Crippen molar-refractivity contribution in [2.24, 2.45) is 5.84 Å². The zero-order valence-corrected chi connectivity index (χ0v) is 10.8. The van der Waals surface area contributed by atoms with Crippen molar-refractivity contribution in [2.45, 2.75) is 13.0 Å². The van der Waals surface area contributed by atoms with Crippen LogP contribution in [0, 0.1) is 0 Å². The van der Waals surface area contributed by atoms with E-state index in [2.05, 4.69) is 5.43 Å². The minimum Gasteiger partial charge on any atom is -0.494 e. The first-order valence-electron chi connectivity index (χ1n) is 5.33. The Morgan fingerprint density at radius 2 is 1.94 bits per heavy atom. The third-order valence-electron chi connectivity index (χ3n) is 2.26. The van der Waals surface area contributed by atoms with Crippen LogP contribution in [0.1, 0.15) is 18.5 Å². The standard InChI is InChI=1S/C11H18N2O3S/c1-3-16-10-6-4-9(5-7-10)11(13-12)8-17(2,14)15/h4-7,11,13H,3,8,12H2,1-2H3. The second-order valence-corrected chi connectivity index (χ2v) is 6.00. The number of sulfone groups is 1. The second-order valence-electron chi connectivity index (χ2n) is 3.81. The van der Waals surface area contributed by atoms with Crippen LogP contribution in [0.5, 0.6) is 5.75 Å². The van der Waals surface area contributed by atoms with Gasteiger partial charge < -0.3 is 4.74 Å². The molecule has 1 rings (SSSR count). The lowest BCUT2D eigenvalue weighted by atomic mass is 10.1. The average molecular weight is 258 g/mol. The normalized spacial score (nSPS) is 13.4.